The molecule has 8 heteroatoms. The highest BCUT2D eigenvalue weighted by molar-refractivity contribution is 5.73. The van der Waals surface area contributed by atoms with Gasteiger partial charge in [0.25, 0.3) is 0 Å². The molecule has 2 aromatic heterocycles. The predicted molar refractivity (Wildman–Crippen MR) is 156 cm³/mol. The number of carbonyl (C=O) groups is 1. The van der Waals surface area contributed by atoms with Crippen LogP contribution in [0.4, 0.5) is 0 Å². The summed E-state index contributed by atoms with van der Waals surface area (Å²) >= 11 is 0. The zero-order valence-corrected chi connectivity index (χ0v) is 24.5. The lowest BCUT2D eigenvalue weighted by Gasteiger charge is -2.57. The van der Waals surface area contributed by atoms with Crippen LogP contribution in [0.5, 0.6) is 0 Å². The summed E-state index contributed by atoms with van der Waals surface area (Å²) in [6.45, 7) is 12.7. The maximum Gasteiger partial charge on any atom is 0.219 e. The Morgan fingerprint density at radius 2 is 1.85 bits per heavy atom. The van der Waals surface area contributed by atoms with Gasteiger partial charge in [-0.25, -0.2) is 4.98 Å². The second kappa shape index (κ2) is 11.4. The van der Waals surface area contributed by atoms with E-state index in [1.807, 2.05) is 22.0 Å². The topological polar surface area (TPSA) is 83.7 Å². The largest absolute Gasteiger partial charge is 0.383 e. The van der Waals surface area contributed by atoms with Crippen LogP contribution < -0.4 is 0 Å². The number of amides is 1. The summed E-state index contributed by atoms with van der Waals surface area (Å²) in [4.78, 5) is 25.3. The third-order valence-corrected chi connectivity index (χ3v) is 9.03. The minimum atomic E-state index is -1.22. The average Bonchev–Trinajstić information content (AvgIpc) is 3.45. The van der Waals surface area contributed by atoms with E-state index in [4.69, 9.17) is 9.72 Å². The van der Waals surface area contributed by atoms with E-state index < -0.39 is 11.0 Å². The van der Waals surface area contributed by atoms with E-state index >= 15 is 0 Å². The van der Waals surface area contributed by atoms with Crippen LogP contribution in [0.1, 0.15) is 74.8 Å². The van der Waals surface area contributed by atoms with Crippen molar-refractivity contribution >= 4 is 5.91 Å². The number of nitrogens with zero attached hydrogens (tertiary/aromatic N) is 5. The first-order chi connectivity index (χ1) is 19.1. The molecular formula is C32H43N5O3. The molecule has 4 heterocycles. The Labute approximate surface area is 238 Å². The summed E-state index contributed by atoms with van der Waals surface area (Å²) in [5.41, 5.74) is 3.19. The van der Waals surface area contributed by atoms with Crippen LogP contribution in [0.2, 0.25) is 0 Å². The second-order valence-corrected chi connectivity index (χ2v) is 12.2. The second-order valence-electron chi connectivity index (χ2n) is 12.2. The van der Waals surface area contributed by atoms with E-state index in [1.54, 1.807) is 20.2 Å². The first-order valence-electron chi connectivity index (χ1n) is 14.4. The van der Waals surface area contributed by atoms with Crippen molar-refractivity contribution in [3.8, 4) is 5.69 Å². The fourth-order valence-corrected chi connectivity index (χ4v) is 6.47. The number of piperidine rings is 1. The van der Waals surface area contributed by atoms with Crippen molar-refractivity contribution in [1.82, 2.24) is 24.3 Å². The van der Waals surface area contributed by atoms with Crippen LogP contribution in [-0.4, -0.2) is 81.8 Å². The van der Waals surface area contributed by atoms with Gasteiger partial charge in [-0.15, -0.1) is 0 Å². The molecule has 8 nitrogen and oxygen atoms in total. The molecule has 0 unspecified atom stereocenters. The van der Waals surface area contributed by atoms with E-state index in [0.29, 0.717) is 18.4 Å². The number of hydrogen-bond donors (Lipinski definition) is 1. The third-order valence-electron chi connectivity index (χ3n) is 9.03. The summed E-state index contributed by atoms with van der Waals surface area (Å²) < 4.78 is 7.29. The SMILES string of the molecule is COCCN1CC(C)([C@](O)(c2ccc(C(C)C)cc2)c2cncc(-n3cnc(C4CCN(C(C)=O)CC4)c3)c2)C1. The van der Waals surface area contributed by atoms with Crippen molar-refractivity contribution in [2.24, 2.45) is 5.41 Å². The van der Waals surface area contributed by atoms with E-state index in [2.05, 4.69) is 67.2 Å². The number of pyridine rings is 1. The monoisotopic (exact) mass is 545 g/mol. The zero-order chi connectivity index (χ0) is 28.5. The normalized spacial score (nSPS) is 19.4. The van der Waals surface area contributed by atoms with Crippen molar-refractivity contribution in [3.63, 3.8) is 0 Å². The Bertz CT molecular complexity index is 1310. The molecule has 2 fully saturated rings. The van der Waals surface area contributed by atoms with Gasteiger partial charge in [-0.3, -0.25) is 14.7 Å². The maximum absolute atomic E-state index is 12.7. The van der Waals surface area contributed by atoms with Crippen molar-refractivity contribution in [2.75, 3.05) is 46.4 Å². The van der Waals surface area contributed by atoms with Gasteiger partial charge in [0, 0.05) is 76.0 Å². The number of rotatable bonds is 9. The highest BCUT2D eigenvalue weighted by Gasteiger charge is 2.56. The Kier molecular flexibility index (Phi) is 8.13. The molecule has 1 amide bonds. The minimum absolute atomic E-state index is 0.139. The van der Waals surface area contributed by atoms with Gasteiger partial charge in [0.2, 0.25) is 5.91 Å². The lowest BCUT2D eigenvalue weighted by molar-refractivity contribution is -0.138. The molecule has 2 aliphatic rings. The number of carbonyl (C=O) groups excluding carboxylic acids is 1. The molecule has 0 radical (unpaired) electrons. The Hall–Kier alpha value is -3.07. The molecule has 2 saturated heterocycles. The first kappa shape index (κ1) is 28.5. The Morgan fingerprint density at radius 1 is 1.15 bits per heavy atom. The van der Waals surface area contributed by atoms with Crippen LogP contribution in [-0.2, 0) is 15.1 Å². The number of ether oxygens (including phenoxy) is 1. The molecule has 1 atom stereocenters. The number of methoxy groups -OCH3 is 1. The van der Waals surface area contributed by atoms with E-state index in [1.165, 1.54) is 5.56 Å². The number of benzene rings is 1. The molecule has 0 saturated carbocycles. The molecule has 0 aliphatic carbocycles. The summed E-state index contributed by atoms with van der Waals surface area (Å²) in [6.07, 6.45) is 9.37. The van der Waals surface area contributed by atoms with E-state index in [9.17, 15) is 9.90 Å². The lowest BCUT2D eigenvalue weighted by atomic mass is 9.62. The van der Waals surface area contributed by atoms with Crippen molar-refractivity contribution in [1.29, 1.82) is 0 Å². The van der Waals surface area contributed by atoms with Crippen LogP contribution in [0.25, 0.3) is 5.69 Å². The van der Waals surface area contributed by atoms with Gasteiger partial charge in [-0.05, 0) is 36.0 Å². The predicted octanol–water partition coefficient (Wildman–Crippen LogP) is 4.32. The molecular weight excluding hydrogens is 502 g/mol. The lowest BCUT2D eigenvalue weighted by Crippen LogP contribution is -2.65. The molecule has 40 heavy (non-hydrogen) atoms. The molecule has 3 aromatic rings. The Morgan fingerprint density at radius 3 is 2.48 bits per heavy atom. The number of aromatic nitrogens is 3. The summed E-state index contributed by atoms with van der Waals surface area (Å²) in [5.74, 6) is 0.887. The summed E-state index contributed by atoms with van der Waals surface area (Å²) in [7, 11) is 1.72. The van der Waals surface area contributed by atoms with Crippen LogP contribution >= 0.6 is 0 Å². The number of aliphatic hydroxyl groups is 1. The highest BCUT2D eigenvalue weighted by atomic mass is 16.5. The first-order valence-corrected chi connectivity index (χ1v) is 14.4. The van der Waals surface area contributed by atoms with Gasteiger partial charge < -0.3 is 19.3 Å². The van der Waals surface area contributed by atoms with E-state index in [0.717, 1.165) is 68.1 Å². The third kappa shape index (κ3) is 5.32. The summed E-state index contributed by atoms with van der Waals surface area (Å²) in [6, 6.07) is 10.5. The smallest absolute Gasteiger partial charge is 0.219 e. The molecule has 0 bridgehead atoms. The van der Waals surface area contributed by atoms with Gasteiger partial charge in [0.15, 0.2) is 0 Å². The van der Waals surface area contributed by atoms with Crippen molar-refractivity contribution < 1.29 is 14.6 Å². The van der Waals surface area contributed by atoms with Gasteiger partial charge in [0.1, 0.15) is 5.60 Å². The van der Waals surface area contributed by atoms with Gasteiger partial charge in [-0.1, -0.05) is 45.0 Å². The standard InChI is InChI=1S/C32H43N5O3/c1-23(2)25-6-8-27(9-7-25)32(39,31(4)20-35(21-31)14-15-40-5)28-16-29(18-33-17-28)37-19-30(34-22-37)26-10-12-36(13-11-26)24(3)38/h6-9,16-19,22-23,26,39H,10-15,20-21H2,1-5H3/t32-/m0/s1. The number of likely N-dealkylation sites (tertiary alicyclic amines) is 2. The maximum atomic E-state index is 12.7. The van der Waals surface area contributed by atoms with Gasteiger partial charge in [0.05, 0.1) is 30.5 Å². The van der Waals surface area contributed by atoms with Crippen LogP contribution in [0.3, 0.4) is 0 Å². The molecule has 1 N–H and O–H groups in total. The molecule has 2 aliphatic heterocycles. The van der Waals surface area contributed by atoms with Gasteiger partial charge >= 0.3 is 0 Å². The van der Waals surface area contributed by atoms with E-state index in [-0.39, 0.29) is 5.91 Å². The number of hydrogen-bond acceptors (Lipinski definition) is 6. The van der Waals surface area contributed by atoms with Crippen LogP contribution in [0, 0.1) is 5.41 Å². The molecule has 1 aromatic carbocycles. The number of imidazole rings is 1. The fraction of sp³-hybridized carbons (Fsp3) is 0.531. The average molecular weight is 546 g/mol. The van der Waals surface area contributed by atoms with Crippen LogP contribution in [0.15, 0.2) is 55.2 Å². The van der Waals surface area contributed by atoms with Crippen molar-refractivity contribution in [3.05, 3.63) is 77.6 Å². The highest BCUT2D eigenvalue weighted by Crippen LogP contribution is 2.50. The minimum Gasteiger partial charge on any atom is -0.383 e. The van der Waals surface area contributed by atoms with Gasteiger partial charge in [-0.2, -0.15) is 0 Å². The Balaban J connectivity index is 1.45. The molecule has 5 rings (SSSR count). The molecule has 214 valence electrons. The zero-order valence-electron chi connectivity index (χ0n) is 24.5. The quantitative estimate of drug-likeness (QED) is 0.431. The molecule has 0 spiro atoms. The fourth-order valence-electron chi connectivity index (χ4n) is 6.47. The van der Waals surface area contributed by atoms with Crippen molar-refractivity contribution in [2.45, 2.75) is 58.0 Å². The summed E-state index contributed by atoms with van der Waals surface area (Å²) in [5, 5.41) is 12.7.